The van der Waals surface area contributed by atoms with Crippen LogP contribution in [-0.4, -0.2) is 66.0 Å². The second-order valence-corrected chi connectivity index (χ2v) is 7.48. The Hall–Kier alpha value is -3.22. The van der Waals surface area contributed by atoms with Crippen LogP contribution in [0, 0.1) is 0 Å². The Morgan fingerprint density at radius 2 is 1.52 bits per heavy atom. The lowest BCUT2D eigenvalue weighted by Crippen LogP contribution is -2.47. The van der Waals surface area contributed by atoms with Gasteiger partial charge in [0.2, 0.25) is 0 Å². The average Bonchev–Trinajstić information content (AvgIpc) is 2.78. The molecule has 6 heteroatoms. The van der Waals surface area contributed by atoms with Crippen molar-refractivity contribution in [3.8, 4) is 5.75 Å². The fraction of sp³-hybridized carbons (Fsp3) is 0.280. The van der Waals surface area contributed by atoms with Gasteiger partial charge in [0.15, 0.2) is 11.6 Å². The summed E-state index contributed by atoms with van der Waals surface area (Å²) in [5.74, 6) is -0.352. The summed E-state index contributed by atoms with van der Waals surface area (Å²) in [4.78, 5) is 28.9. The Bertz CT molecular complexity index is 942. The number of aromatic hydroxyl groups is 1. The van der Waals surface area contributed by atoms with Crippen LogP contribution in [0.2, 0.25) is 0 Å². The molecule has 0 amide bonds. The van der Waals surface area contributed by atoms with Gasteiger partial charge in [-0.2, -0.15) is 0 Å². The molecule has 162 valence electrons. The molecule has 6 nitrogen and oxygen atoms in total. The summed E-state index contributed by atoms with van der Waals surface area (Å²) >= 11 is 0. The van der Waals surface area contributed by atoms with Crippen molar-refractivity contribution in [1.29, 1.82) is 0 Å². The van der Waals surface area contributed by atoms with Crippen LogP contribution in [-0.2, 0) is 9.59 Å². The van der Waals surface area contributed by atoms with E-state index in [9.17, 15) is 14.7 Å². The average molecular weight is 421 g/mol. The largest absolute Gasteiger partial charge is 0.508 e. The van der Waals surface area contributed by atoms with Crippen molar-refractivity contribution in [3.63, 3.8) is 0 Å². The summed E-state index contributed by atoms with van der Waals surface area (Å²) in [6.07, 6.45) is 6.07. The number of hydrogen-bond donors (Lipinski definition) is 2. The monoisotopic (exact) mass is 420 g/mol. The molecular weight excluding hydrogens is 392 g/mol. The number of β-amino-alcohol motifs (C(OH)–C–C–N with tert-alkyl or cyclic N) is 1. The minimum atomic E-state index is -0.268. The van der Waals surface area contributed by atoms with E-state index in [0.717, 1.165) is 43.0 Å². The molecule has 1 saturated heterocycles. The normalized spacial score (nSPS) is 15.1. The van der Waals surface area contributed by atoms with Gasteiger partial charge in [0, 0.05) is 38.4 Å². The Morgan fingerprint density at radius 1 is 0.871 bits per heavy atom. The zero-order valence-corrected chi connectivity index (χ0v) is 17.5. The van der Waals surface area contributed by atoms with Crippen molar-refractivity contribution in [1.82, 2.24) is 4.90 Å². The number of carbonyl (C=O) groups excluding carboxylic acids is 2. The molecule has 3 rings (SSSR count). The first-order valence-corrected chi connectivity index (χ1v) is 10.4. The van der Waals surface area contributed by atoms with Crippen LogP contribution in [0.4, 0.5) is 5.69 Å². The molecule has 0 unspecified atom stereocenters. The molecule has 1 fully saturated rings. The van der Waals surface area contributed by atoms with Crippen LogP contribution in [0.1, 0.15) is 17.5 Å². The molecule has 2 N–H and O–H groups in total. The number of para-hydroxylation sites is 1. The maximum Gasteiger partial charge on any atom is 0.163 e. The summed E-state index contributed by atoms with van der Waals surface area (Å²) in [6.45, 7) is 4.36. The Morgan fingerprint density at radius 3 is 2.19 bits per heavy atom. The van der Waals surface area contributed by atoms with E-state index in [4.69, 9.17) is 5.11 Å². The molecule has 31 heavy (non-hydrogen) atoms. The zero-order valence-electron chi connectivity index (χ0n) is 17.5. The maximum atomic E-state index is 12.3. The third-order valence-electron chi connectivity index (χ3n) is 5.22. The minimum Gasteiger partial charge on any atom is -0.508 e. The first kappa shape index (κ1) is 22.5. The molecule has 0 atom stereocenters. The predicted molar refractivity (Wildman–Crippen MR) is 123 cm³/mol. The van der Waals surface area contributed by atoms with E-state index in [1.165, 1.54) is 12.2 Å². The van der Waals surface area contributed by atoms with E-state index in [-0.39, 0.29) is 30.3 Å². The molecule has 0 aromatic heterocycles. The van der Waals surface area contributed by atoms with Gasteiger partial charge in [-0.15, -0.1) is 0 Å². The van der Waals surface area contributed by atoms with Crippen LogP contribution in [0.3, 0.4) is 0 Å². The lowest BCUT2D eigenvalue weighted by Gasteiger charge is -2.36. The third-order valence-corrected chi connectivity index (χ3v) is 5.22. The number of ketones is 2. The fourth-order valence-electron chi connectivity index (χ4n) is 3.52. The topological polar surface area (TPSA) is 81.1 Å². The summed E-state index contributed by atoms with van der Waals surface area (Å²) < 4.78 is 0. The van der Waals surface area contributed by atoms with Crippen LogP contribution in [0.5, 0.6) is 5.75 Å². The number of hydrogen-bond acceptors (Lipinski definition) is 6. The molecular formula is C25H28N2O4. The van der Waals surface area contributed by atoms with Gasteiger partial charge in [0.25, 0.3) is 0 Å². The molecule has 1 aliphatic heterocycles. The van der Waals surface area contributed by atoms with Crippen LogP contribution in [0.25, 0.3) is 12.2 Å². The van der Waals surface area contributed by atoms with E-state index >= 15 is 0 Å². The van der Waals surface area contributed by atoms with Crippen LogP contribution in [0.15, 0.2) is 60.7 Å². The molecule has 0 spiro atoms. The summed E-state index contributed by atoms with van der Waals surface area (Å²) in [5, 5.41) is 18.4. The fourth-order valence-corrected chi connectivity index (χ4v) is 3.52. The Labute approximate surface area is 182 Å². The number of benzene rings is 2. The van der Waals surface area contributed by atoms with Gasteiger partial charge in [-0.25, -0.2) is 0 Å². The van der Waals surface area contributed by atoms with E-state index in [1.54, 1.807) is 36.4 Å². The number of aliphatic hydroxyl groups is 1. The van der Waals surface area contributed by atoms with Gasteiger partial charge < -0.3 is 15.1 Å². The number of carbonyl (C=O) groups is 2. The van der Waals surface area contributed by atoms with Crippen LogP contribution >= 0.6 is 0 Å². The second kappa shape index (κ2) is 11.2. The highest BCUT2D eigenvalue weighted by Gasteiger charge is 2.18. The summed E-state index contributed by atoms with van der Waals surface area (Å²) in [5.41, 5.74) is 2.79. The third kappa shape index (κ3) is 6.91. The number of anilines is 1. The SMILES string of the molecule is O=C(/C=C/c1ccc(O)cc1)CC(=O)/C=C/c1ccccc1N1CCN(CCO)CC1. The van der Waals surface area contributed by atoms with Crippen LogP contribution < -0.4 is 4.90 Å². The van der Waals surface area contributed by atoms with E-state index < -0.39 is 0 Å². The lowest BCUT2D eigenvalue weighted by molar-refractivity contribution is -0.121. The van der Waals surface area contributed by atoms with Gasteiger partial charge in [0.1, 0.15) is 5.75 Å². The van der Waals surface area contributed by atoms with Crippen molar-refractivity contribution in [3.05, 3.63) is 71.8 Å². The highest BCUT2D eigenvalue weighted by atomic mass is 16.3. The highest BCUT2D eigenvalue weighted by molar-refractivity contribution is 6.11. The number of phenols is 1. The summed E-state index contributed by atoms with van der Waals surface area (Å²) in [7, 11) is 0. The van der Waals surface area contributed by atoms with Crippen molar-refractivity contribution >= 4 is 29.4 Å². The number of phenolic OH excluding ortho intramolecular Hbond substituents is 1. The molecule has 2 aromatic carbocycles. The van der Waals surface area contributed by atoms with E-state index in [0.29, 0.717) is 6.54 Å². The molecule has 0 saturated carbocycles. The second-order valence-electron chi connectivity index (χ2n) is 7.48. The van der Waals surface area contributed by atoms with Crippen molar-refractivity contribution < 1.29 is 19.8 Å². The van der Waals surface area contributed by atoms with Crippen molar-refractivity contribution in [2.45, 2.75) is 6.42 Å². The summed E-state index contributed by atoms with van der Waals surface area (Å²) in [6, 6.07) is 14.4. The lowest BCUT2D eigenvalue weighted by atomic mass is 10.1. The number of piperazine rings is 1. The zero-order chi connectivity index (χ0) is 22.1. The quantitative estimate of drug-likeness (QED) is 0.480. The number of nitrogens with zero attached hydrogens (tertiary/aromatic N) is 2. The van der Waals surface area contributed by atoms with E-state index in [1.807, 2.05) is 24.3 Å². The van der Waals surface area contributed by atoms with Gasteiger partial charge in [-0.1, -0.05) is 36.4 Å². The van der Waals surface area contributed by atoms with Crippen molar-refractivity contribution in [2.24, 2.45) is 0 Å². The van der Waals surface area contributed by atoms with Gasteiger partial charge in [-0.05, 0) is 47.6 Å². The van der Waals surface area contributed by atoms with E-state index in [2.05, 4.69) is 9.80 Å². The van der Waals surface area contributed by atoms with Gasteiger partial charge in [0.05, 0.1) is 13.0 Å². The molecule has 0 aliphatic carbocycles. The first-order chi connectivity index (χ1) is 15.0. The van der Waals surface area contributed by atoms with Crippen molar-refractivity contribution in [2.75, 3.05) is 44.2 Å². The van der Waals surface area contributed by atoms with Gasteiger partial charge in [-0.3, -0.25) is 14.5 Å². The number of aliphatic hydroxyl groups excluding tert-OH is 1. The molecule has 0 radical (unpaired) electrons. The molecule has 1 heterocycles. The Balaban J connectivity index is 1.57. The molecule has 2 aromatic rings. The smallest absolute Gasteiger partial charge is 0.163 e. The standard InChI is InChI=1S/C25H28N2O4/c28-18-17-26-13-15-27(16-14-26)25-4-2-1-3-21(25)8-12-24(31)19-23(30)11-7-20-5-9-22(29)10-6-20/h1-12,28-29H,13-19H2/b11-7+,12-8+. The molecule has 0 bridgehead atoms. The predicted octanol–water partition coefficient (Wildman–Crippen LogP) is 2.76. The Kier molecular flexibility index (Phi) is 8.15. The number of rotatable bonds is 9. The minimum absolute atomic E-state index is 0.163. The number of allylic oxidation sites excluding steroid dienone is 2. The maximum absolute atomic E-state index is 12.3. The first-order valence-electron chi connectivity index (χ1n) is 10.4. The highest BCUT2D eigenvalue weighted by Crippen LogP contribution is 2.23. The van der Waals surface area contributed by atoms with Gasteiger partial charge >= 0.3 is 0 Å². The molecule has 1 aliphatic rings.